The maximum atomic E-state index is 13.4. The molecular formula is C27H31N5OS. The Balaban J connectivity index is 1.14. The lowest BCUT2D eigenvalue weighted by Crippen LogP contribution is -2.47. The van der Waals surface area contributed by atoms with Gasteiger partial charge < -0.3 is 4.90 Å². The van der Waals surface area contributed by atoms with Gasteiger partial charge in [0, 0.05) is 68.3 Å². The van der Waals surface area contributed by atoms with E-state index >= 15 is 0 Å². The topological polar surface area (TPSA) is 44.6 Å². The average Bonchev–Trinajstić information content (AvgIpc) is 3.27. The zero-order valence-electron chi connectivity index (χ0n) is 19.7. The Morgan fingerprint density at radius 1 is 0.941 bits per heavy atom. The van der Waals surface area contributed by atoms with E-state index < -0.39 is 0 Å². The van der Waals surface area contributed by atoms with Crippen molar-refractivity contribution in [3.05, 3.63) is 69.6 Å². The Hall–Kier alpha value is -2.74. The van der Waals surface area contributed by atoms with Gasteiger partial charge in [0.1, 0.15) is 4.83 Å². The number of likely N-dealkylation sites (N-methyl/N-ethyl adjacent to an activating group) is 1. The van der Waals surface area contributed by atoms with E-state index in [4.69, 9.17) is 0 Å². The third-order valence-corrected chi connectivity index (χ3v) is 8.68. The van der Waals surface area contributed by atoms with Crippen LogP contribution in [0.25, 0.3) is 21.0 Å². The van der Waals surface area contributed by atoms with Crippen LogP contribution in [-0.4, -0.2) is 65.2 Å². The standard InChI is InChI=1S/C27H31N5OS/c1-2-29-11-10-24-22(18-29)25-26(34-24)28-19-32(27(25)33)17-14-30-12-15-31(16-13-30)23-9-5-7-20-6-3-4-8-21(20)23/h3-9,19H,2,10-18H2,1H3. The molecule has 6 rings (SSSR count). The van der Waals surface area contributed by atoms with Gasteiger partial charge in [-0.05, 0) is 30.0 Å². The summed E-state index contributed by atoms with van der Waals surface area (Å²) < 4.78 is 1.83. The maximum Gasteiger partial charge on any atom is 0.262 e. The van der Waals surface area contributed by atoms with Crippen LogP contribution in [0.5, 0.6) is 0 Å². The highest BCUT2D eigenvalue weighted by Gasteiger charge is 2.24. The van der Waals surface area contributed by atoms with E-state index in [-0.39, 0.29) is 5.56 Å². The number of thiophene rings is 1. The number of rotatable bonds is 5. The number of hydrogen-bond donors (Lipinski definition) is 0. The first-order valence-electron chi connectivity index (χ1n) is 12.4. The molecule has 0 atom stereocenters. The van der Waals surface area contributed by atoms with Gasteiger partial charge in [0.25, 0.3) is 5.56 Å². The van der Waals surface area contributed by atoms with Crippen LogP contribution in [0.1, 0.15) is 17.4 Å². The number of aromatic nitrogens is 2. The highest BCUT2D eigenvalue weighted by Crippen LogP contribution is 2.32. The van der Waals surface area contributed by atoms with Crippen molar-refractivity contribution < 1.29 is 0 Å². The Labute approximate surface area is 204 Å². The quantitative estimate of drug-likeness (QED) is 0.441. The fraction of sp³-hybridized carbons (Fsp3) is 0.407. The van der Waals surface area contributed by atoms with Crippen molar-refractivity contribution in [1.82, 2.24) is 19.4 Å². The summed E-state index contributed by atoms with van der Waals surface area (Å²) in [6.07, 6.45) is 2.79. The fourth-order valence-electron chi connectivity index (χ4n) is 5.43. The van der Waals surface area contributed by atoms with Gasteiger partial charge in [-0.2, -0.15) is 0 Å². The van der Waals surface area contributed by atoms with Crippen LogP contribution in [0.2, 0.25) is 0 Å². The second-order valence-corrected chi connectivity index (χ2v) is 10.5. The molecule has 176 valence electrons. The second kappa shape index (κ2) is 9.13. The van der Waals surface area contributed by atoms with Crippen LogP contribution in [-0.2, 0) is 19.5 Å². The molecule has 2 aromatic carbocycles. The van der Waals surface area contributed by atoms with E-state index in [0.29, 0.717) is 6.54 Å². The Morgan fingerprint density at radius 2 is 1.76 bits per heavy atom. The van der Waals surface area contributed by atoms with Crippen molar-refractivity contribution in [2.75, 3.05) is 50.7 Å². The molecule has 4 aromatic rings. The zero-order valence-corrected chi connectivity index (χ0v) is 20.6. The molecule has 1 fully saturated rings. The molecule has 2 aliphatic heterocycles. The van der Waals surface area contributed by atoms with E-state index in [1.807, 2.05) is 4.57 Å². The van der Waals surface area contributed by atoms with E-state index in [1.165, 1.54) is 26.9 Å². The van der Waals surface area contributed by atoms with Crippen LogP contribution in [0.4, 0.5) is 5.69 Å². The highest BCUT2D eigenvalue weighted by molar-refractivity contribution is 7.18. The van der Waals surface area contributed by atoms with Gasteiger partial charge in [-0.3, -0.25) is 19.2 Å². The van der Waals surface area contributed by atoms with E-state index in [9.17, 15) is 4.79 Å². The molecule has 0 unspecified atom stereocenters. The summed E-state index contributed by atoms with van der Waals surface area (Å²) in [5, 5.41) is 3.48. The summed E-state index contributed by atoms with van der Waals surface area (Å²) in [5.74, 6) is 0. The van der Waals surface area contributed by atoms with Crippen LogP contribution in [0.15, 0.2) is 53.6 Å². The number of hydrogen-bond acceptors (Lipinski definition) is 6. The van der Waals surface area contributed by atoms with E-state index in [2.05, 4.69) is 69.1 Å². The average molecular weight is 474 g/mol. The minimum Gasteiger partial charge on any atom is -0.368 e. The molecule has 0 bridgehead atoms. The predicted octanol–water partition coefficient (Wildman–Crippen LogP) is 3.81. The van der Waals surface area contributed by atoms with E-state index in [0.717, 1.165) is 69.0 Å². The zero-order chi connectivity index (χ0) is 23.1. The Kier molecular flexibility index (Phi) is 5.85. The molecule has 2 aromatic heterocycles. The molecule has 0 N–H and O–H groups in total. The molecule has 34 heavy (non-hydrogen) atoms. The van der Waals surface area contributed by atoms with Crippen molar-refractivity contribution in [3.8, 4) is 0 Å². The normalized spacial score (nSPS) is 17.5. The van der Waals surface area contributed by atoms with Gasteiger partial charge in [0.2, 0.25) is 0 Å². The van der Waals surface area contributed by atoms with Crippen molar-refractivity contribution >= 4 is 38.0 Å². The number of nitrogens with zero attached hydrogens (tertiary/aromatic N) is 5. The summed E-state index contributed by atoms with van der Waals surface area (Å²) in [6, 6.07) is 15.2. The van der Waals surface area contributed by atoms with Gasteiger partial charge in [-0.25, -0.2) is 4.98 Å². The number of fused-ring (bicyclic) bond motifs is 4. The molecule has 4 heterocycles. The largest absolute Gasteiger partial charge is 0.368 e. The first-order valence-corrected chi connectivity index (χ1v) is 13.2. The summed E-state index contributed by atoms with van der Waals surface area (Å²) in [5.41, 5.74) is 2.69. The summed E-state index contributed by atoms with van der Waals surface area (Å²) >= 11 is 1.71. The molecule has 2 aliphatic rings. The van der Waals surface area contributed by atoms with Gasteiger partial charge in [0.05, 0.1) is 11.7 Å². The SMILES string of the molecule is CCN1CCc2sc3ncn(CCN4CCN(c5cccc6ccccc56)CC4)c(=O)c3c2C1. The van der Waals surface area contributed by atoms with Crippen molar-refractivity contribution in [2.24, 2.45) is 0 Å². The first kappa shape index (κ1) is 21.8. The number of anilines is 1. The molecule has 7 heteroatoms. The van der Waals surface area contributed by atoms with Crippen molar-refractivity contribution in [2.45, 2.75) is 26.4 Å². The minimum absolute atomic E-state index is 0.134. The van der Waals surface area contributed by atoms with Crippen LogP contribution >= 0.6 is 11.3 Å². The third-order valence-electron chi connectivity index (χ3n) is 7.48. The smallest absolute Gasteiger partial charge is 0.262 e. The van der Waals surface area contributed by atoms with Gasteiger partial charge in [-0.15, -0.1) is 11.3 Å². The van der Waals surface area contributed by atoms with Gasteiger partial charge in [0.15, 0.2) is 0 Å². The third kappa shape index (κ3) is 3.91. The van der Waals surface area contributed by atoms with Crippen LogP contribution in [0.3, 0.4) is 0 Å². The van der Waals surface area contributed by atoms with Gasteiger partial charge in [-0.1, -0.05) is 43.3 Å². The molecule has 6 nitrogen and oxygen atoms in total. The Bertz CT molecular complexity index is 1380. The monoisotopic (exact) mass is 473 g/mol. The predicted molar refractivity (Wildman–Crippen MR) is 141 cm³/mol. The molecule has 0 saturated carbocycles. The van der Waals surface area contributed by atoms with Crippen molar-refractivity contribution in [3.63, 3.8) is 0 Å². The lowest BCUT2D eigenvalue weighted by Gasteiger charge is -2.36. The molecular weight excluding hydrogens is 442 g/mol. The van der Waals surface area contributed by atoms with E-state index in [1.54, 1.807) is 17.7 Å². The Morgan fingerprint density at radius 3 is 2.62 bits per heavy atom. The number of benzene rings is 2. The lowest BCUT2D eigenvalue weighted by atomic mass is 10.1. The lowest BCUT2D eigenvalue weighted by molar-refractivity contribution is 0.247. The summed E-state index contributed by atoms with van der Waals surface area (Å²) in [6.45, 7) is 10.8. The van der Waals surface area contributed by atoms with Crippen molar-refractivity contribution in [1.29, 1.82) is 0 Å². The molecule has 1 saturated heterocycles. The summed E-state index contributed by atoms with van der Waals surface area (Å²) in [7, 11) is 0. The molecule has 0 amide bonds. The summed E-state index contributed by atoms with van der Waals surface area (Å²) in [4.78, 5) is 27.7. The van der Waals surface area contributed by atoms with Gasteiger partial charge >= 0.3 is 0 Å². The molecule has 0 radical (unpaired) electrons. The molecule has 0 spiro atoms. The minimum atomic E-state index is 0.134. The van der Waals surface area contributed by atoms with Crippen LogP contribution < -0.4 is 10.5 Å². The highest BCUT2D eigenvalue weighted by atomic mass is 32.1. The first-order chi connectivity index (χ1) is 16.7. The second-order valence-electron chi connectivity index (χ2n) is 9.37. The fourth-order valence-corrected chi connectivity index (χ4v) is 6.56. The number of piperazine rings is 1. The maximum absolute atomic E-state index is 13.4. The van der Waals surface area contributed by atoms with Crippen LogP contribution in [0, 0.1) is 0 Å². The molecule has 0 aliphatic carbocycles.